The molecule has 24 heavy (non-hydrogen) atoms. The van der Waals surface area contributed by atoms with Gasteiger partial charge in [-0.2, -0.15) is 10.2 Å². The highest BCUT2D eigenvalue weighted by Gasteiger charge is 2.39. The molecular formula is C17H21N5O2. The molecule has 7 heteroatoms. The fraction of sp³-hybridized carbons (Fsp3) is 0.471. The van der Waals surface area contributed by atoms with Gasteiger partial charge in [0.1, 0.15) is 0 Å². The molecule has 0 fully saturated rings. The summed E-state index contributed by atoms with van der Waals surface area (Å²) in [6.45, 7) is 1.77. The van der Waals surface area contributed by atoms with Crippen LogP contribution in [-0.4, -0.2) is 29.0 Å². The van der Waals surface area contributed by atoms with E-state index in [2.05, 4.69) is 31.8 Å². The van der Waals surface area contributed by atoms with Crippen molar-refractivity contribution in [1.29, 1.82) is 0 Å². The van der Waals surface area contributed by atoms with E-state index in [1.807, 2.05) is 25.1 Å². The molecule has 7 nitrogen and oxygen atoms in total. The second-order valence-electron chi connectivity index (χ2n) is 5.71. The van der Waals surface area contributed by atoms with E-state index in [1.54, 1.807) is 6.20 Å². The van der Waals surface area contributed by atoms with Crippen molar-refractivity contribution in [2.75, 3.05) is 6.54 Å². The highest BCUT2D eigenvalue weighted by molar-refractivity contribution is 5.84. The Morgan fingerprint density at radius 1 is 1.29 bits per heavy atom. The smallest absolute Gasteiger partial charge is 0.239 e. The van der Waals surface area contributed by atoms with E-state index in [0.717, 1.165) is 5.69 Å². The molecule has 126 valence electrons. The minimum absolute atomic E-state index is 0.0678. The first-order valence-electron chi connectivity index (χ1n) is 7.89. The molecule has 0 aromatic carbocycles. The summed E-state index contributed by atoms with van der Waals surface area (Å²) in [5.74, 6) is 2.08. The molecule has 0 saturated carbocycles. The third-order valence-corrected chi connectivity index (χ3v) is 3.76. The molecule has 1 aromatic heterocycles. The van der Waals surface area contributed by atoms with E-state index in [0.29, 0.717) is 19.3 Å². The van der Waals surface area contributed by atoms with E-state index < -0.39 is 5.66 Å². The van der Waals surface area contributed by atoms with Crippen molar-refractivity contribution < 1.29 is 9.59 Å². The van der Waals surface area contributed by atoms with Gasteiger partial charge in [-0.15, -0.1) is 12.3 Å². The van der Waals surface area contributed by atoms with Crippen LogP contribution in [0.4, 0.5) is 0 Å². The third-order valence-electron chi connectivity index (χ3n) is 3.76. The number of hydrogen-bond donors (Lipinski definition) is 2. The summed E-state index contributed by atoms with van der Waals surface area (Å²) in [4.78, 5) is 27.9. The maximum atomic E-state index is 11.9. The van der Waals surface area contributed by atoms with Crippen molar-refractivity contribution in [3.63, 3.8) is 0 Å². The standard InChI is InChI=1S/C17H21N5O2/c1-3-4-9-17(21-22-17)10-8-15(23)19-12-16(24)20-13(2)14-7-5-6-11-18-14/h1,5-7,11,13H,4,8-10,12H2,2H3,(H,19,23)(H,20,24). The summed E-state index contributed by atoms with van der Waals surface area (Å²) >= 11 is 0. The number of nitrogens with zero attached hydrogens (tertiary/aromatic N) is 3. The zero-order chi connectivity index (χ0) is 17.4. The number of terminal acetylenes is 1. The molecule has 0 radical (unpaired) electrons. The Morgan fingerprint density at radius 2 is 2.08 bits per heavy atom. The largest absolute Gasteiger partial charge is 0.347 e. The molecule has 1 atom stereocenters. The lowest BCUT2D eigenvalue weighted by molar-refractivity contribution is -0.126. The van der Waals surface area contributed by atoms with Gasteiger partial charge in [0, 0.05) is 31.9 Å². The molecule has 1 aromatic rings. The molecule has 2 amide bonds. The van der Waals surface area contributed by atoms with Crippen molar-refractivity contribution in [1.82, 2.24) is 15.6 Å². The van der Waals surface area contributed by atoms with E-state index in [4.69, 9.17) is 6.42 Å². The van der Waals surface area contributed by atoms with E-state index in [1.165, 1.54) is 0 Å². The van der Waals surface area contributed by atoms with Gasteiger partial charge in [-0.1, -0.05) is 6.07 Å². The monoisotopic (exact) mass is 327 g/mol. The number of pyridine rings is 1. The molecule has 0 spiro atoms. The van der Waals surface area contributed by atoms with Gasteiger partial charge in [-0.25, -0.2) is 0 Å². The van der Waals surface area contributed by atoms with Crippen LogP contribution in [0.5, 0.6) is 0 Å². The first-order valence-corrected chi connectivity index (χ1v) is 7.89. The van der Waals surface area contributed by atoms with E-state index in [-0.39, 0.29) is 30.8 Å². The minimum atomic E-state index is -0.473. The lowest BCUT2D eigenvalue weighted by Crippen LogP contribution is -2.38. The van der Waals surface area contributed by atoms with Gasteiger partial charge in [0.25, 0.3) is 0 Å². The number of nitrogens with one attached hydrogen (secondary N) is 2. The lowest BCUT2D eigenvalue weighted by atomic mass is 10.0. The van der Waals surface area contributed by atoms with Crippen LogP contribution in [0.2, 0.25) is 0 Å². The number of hydrogen-bond acceptors (Lipinski definition) is 5. The molecule has 0 aliphatic carbocycles. The van der Waals surface area contributed by atoms with Crippen molar-refractivity contribution in [2.24, 2.45) is 10.2 Å². The molecular weight excluding hydrogens is 306 g/mol. The predicted octanol–water partition coefficient (Wildman–Crippen LogP) is 1.73. The van der Waals surface area contributed by atoms with Gasteiger partial charge in [-0.3, -0.25) is 14.6 Å². The fourth-order valence-electron chi connectivity index (χ4n) is 2.25. The van der Waals surface area contributed by atoms with Crippen molar-refractivity contribution in [2.45, 2.75) is 44.3 Å². The van der Waals surface area contributed by atoms with Crippen LogP contribution in [-0.2, 0) is 9.59 Å². The Hall–Kier alpha value is -2.75. The number of carbonyl (C=O) groups excluding carboxylic acids is 2. The Bertz CT molecular complexity index is 645. The number of aromatic nitrogens is 1. The summed E-state index contributed by atoms with van der Waals surface area (Å²) in [5, 5.41) is 13.3. The van der Waals surface area contributed by atoms with Crippen LogP contribution in [0.25, 0.3) is 0 Å². The fourth-order valence-corrected chi connectivity index (χ4v) is 2.25. The summed E-state index contributed by atoms with van der Waals surface area (Å²) in [6.07, 6.45) is 8.93. The van der Waals surface area contributed by atoms with Gasteiger partial charge >= 0.3 is 0 Å². The van der Waals surface area contributed by atoms with E-state index >= 15 is 0 Å². The van der Waals surface area contributed by atoms with Gasteiger partial charge in [0.05, 0.1) is 18.3 Å². The average molecular weight is 327 g/mol. The third kappa shape index (κ3) is 5.47. The van der Waals surface area contributed by atoms with Crippen LogP contribution in [0.1, 0.15) is 44.3 Å². The van der Waals surface area contributed by atoms with Crippen molar-refractivity contribution >= 4 is 11.8 Å². The Labute approximate surface area is 141 Å². The molecule has 0 saturated heterocycles. The maximum absolute atomic E-state index is 11.9. The first-order chi connectivity index (χ1) is 11.5. The average Bonchev–Trinajstić information content (AvgIpc) is 3.37. The van der Waals surface area contributed by atoms with Crippen LogP contribution in [0, 0.1) is 12.3 Å². The summed E-state index contributed by atoms with van der Waals surface area (Å²) in [7, 11) is 0. The zero-order valence-corrected chi connectivity index (χ0v) is 13.7. The van der Waals surface area contributed by atoms with Crippen LogP contribution >= 0.6 is 0 Å². The highest BCUT2D eigenvalue weighted by atomic mass is 16.2. The molecule has 2 heterocycles. The zero-order valence-electron chi connectivity index (χ0n) is 13.7. The summed E-state index contributed by atoms with van der Waals surface area (Å²) in [5.41, 5.74) is 0.295. The Morgan fingerprint density at radius 3 is 2.71 bits per heavy atom. The highest BCUT2D eigenvalue weighted by Crippen LogP contribution is 2.37. The summed E-state index contributed by atoms with van der Waals surface area (Å²) in [6, 6.07) is 5.29. The normalized spacial score (nSPS) is 15.2. The molecule has 1 aliphatic rings. The number of amides is 2. The second kappa shape index (κ2) is 8.20. The van der Waals surface area contributed by atoms with Gasteiger partial charge in [0.2, 0.25) is 11.8 Å². The first kappa shape index (κ1) is 17.6. The van der Waals surface area contributed by atoms with Gasteiger partial charge in [-0.05, 0) is 19.1 Å². The number of rotatable bonds is 9. The molecule has 1 aliphatic heterocycles. The quantitative estimate of drug-likeness (QED) is 0.676. The van der Waals surface area contributed by atoms with Crippen molar-refractivity contribution in [3.05, 3.63) is 30.1 Å². The SMILES string of the molecule is C#CCCC1(CCC(=O)NCC(=O)NC(C)c2ccccn2)N=N1. The maximum Gasteiger partial charge on any atom is 0.239 e. The van der Waals surface area contributed by atoms with Crippen LogP contribution in [0.15, 0.2) is 34.6 Å². The molecule has 0 bridgehead atoms. The predicted molar refractivity (Wildman–Crippen MR) is 88.7 cm³/mol. The van der Waals surface area contributed by atoms with E-state index in [9.17, 15) is 9.59 Å². The lowest BCUT2D eigenvalue weighted by Gasteiger charge is -2.14. The molecule has 2 N–H and O–H groups in total. The Kier molecular flexibility index (Phi) is 6.01. The van der Waals surface area contributed by atoms with Gasteiger partial charge < -0.3 is 10.6 Å². The van der Waals surface area contributed by atoms with Gasteiger partial charge in [0.15, 0.2) is 5.66 Å². The summed E-state index contributed by atoms with van der Waals surface area (Å²) < 4.78 is 0. The number of carbonyl (C=O) groups is 2. The second-order valence-corrected chi connectivity index (χ2v) is 5.71. The van der Waals surface area contributed by atoms with Crippen molar-refractivity contribution in [3.8, 4) is 12.3 Å². The molecule has 1 unspecified atom stereocenters. The minimum Gasteiger partial charge on any atom is -0.347 e. The topological polar surface area (TPSA) is 95.8 Å². The Balaban J connectivity index is 1.65. The molecule has 2 rings (SSSR count). The van der Waals surface area contributed by atoms with Crippen LogP contribution in [0.3, 0.4) is 0 Å². The van der Waals surface area contributed by atoms with Crippen LogP contribution < -0.4 is 10.6 Å².